The van der Waals surface area contributed by atoms with Gasteiger partial charge in [0.1, 0.15) is 11.3 Å². The Labute approximate surface area is 119 Å². The first-order valence-corrected chi connectivity index (χ1v) is 6.71. The van der Waals surface area contributed by atoms with Gasteiger partial charge in [-0.25, -0.2) is 9.37 Å². The van der Waals surface area contributed by atoms with E-state index in [1.807, 2.05) is 12.1 Å². The lowest BCUT2D eigenvalue weighted by molar-refractivity contribution is 0.602. The van der Waals surface area contributed by atoms with Crippen LogP contribution in [-0.2, 0) is 6.42 Å². The van der Waals surface area contributed by atoms with Crippen molar-refractivity contribution in [3.05, 3.63) is 46.7 Å². The van der Waals surface area contributed by atoms with Gasteiger partial charge in [-0.2, -0.15) is 0 Å². The Hall–Kier alpha value is -2.07. The molecule has 0 aliphatic carbocycles. The van der Waals surface area contributed by atoms with Gasteiger partial charge in [-0.05, 0) is 36.2 Å². The predicted octanol–water partition coefficient (Wildman–Crippen LogP) is 4.26. The van der Waals surface area contributed by atoms with E-state index >= 15 is 0 Å². The summed E-state index contributed by atoms with van der Waals surface area (Å²) in [6, 6.07) is 8.76. The third-order valence-corrected chi connectivity index (χ3v) is 3.78. The lowest BCUT2D eigenvalue weighted by atomic mass is 10.1. The van der Waals surface area contributed by atoms with Crippen molar-refractivity contribution in [2.45, 2.75) is 6.42 Å². The van der Waals surface area contributed by atoms with Crippen molar-refractivity contribution in [1.82, 2.24) is 4.98 Å². The molecule has 1 aliphatic heterocycles. The molecular formula is C15H10ClFN2O. The van der Waals surface area contributed by atoms with Gasteiger partial charge in [-0.1, -0.05) is 11.6 Å². The molecule has 100 valence electrons. The van der Waals surface area contributed by atoms with E-state index < -0.39 is 5.82 Å². The molecule has 1 aliphatic rings. The first-order chi connectivity index (χ1) is 9.70. The molecule has 1 N–H and O–H groups in total. The maximum Gasteiger partial charge on any atom is 0.227 e. The number of benzene rings is 2. The highest BCUT2D eigenvalue weighted by atomic mass is 35.5. The molecule has 20 heavy (non-hydrogen) atoms. The number of aromatic nitrogens is 1. The van der Waals surface area contributed by atoms with Crippen molar-refractivity contribution in [3.8, 4) is 11.5 Å². The van der Waals surface area contributed by atoms with Gasteiger partial charge in [0.25, 0.3) is 0 Å². The SMILES string of the molecule is Fc1cc2oc(-c3ccc4c(c3)CCN4)nc2cc1Cl. The topological polar surface area (TPSA) is 38.1 Å². The van der Waals surface area contributed by atoms with Gasteiger partial charge in [0.15, 0.2) is 5.58 Å². The first kappa shape index (κ1) is 11.7. The van der Waals surface area contributed by atoms with E-state index in [9.17, 15) is 4.39 Å². The molecule has 0 spiro atoms. The minimum Gasteiger partial charge on any atom is -0.436 e. The minimum absolute atomic E-state index is 0.0514. The summed E-state index contributed by atoms with van der Waals surface area (Å²) >= 11 is 5.75. The normalized spacial score (nSPS) is 13.5. The molecular weight excluding hydrogens is 279 g/mol. The van der Waals surface area contributed by atoms with Crippen LogP contribution in [0.4, 0.5) is 10.1 Å². The number of fused-ring (bicyclic) bond motifs is 2. The lowest BCUT2D eigenvalue weighted by Gasteiger charge is -2.00. The molecule has 1 aromatic heterocycles. The number of oxazole rings is 1. The minimum atomic E-state index is -0.500. The van der Waals surface area contributed by atoms with E-state index in [1.54, 1.807) is 0 Å². The van der Waals surface area contributed by atoms with Crippen molar-refractivity contribution in [2.24, 2.45) is 0 Å². The molecule has 0 saturated heterocycles. The Bertz CT molecular complexity index is 789. The highest BCUT2D eigenvalue weighted by Gasteiger charge is 2.15. The predicted molar refractivity (Wildman–Crippen MR) is 76.6 cm³/mol. The maximum absolute atomic E-state index is 13.4. The van der Waals surface area contributed by atoms with Crippen LogP contribution in [0, 0.1) is 5.82 Å². The molecule has 0 saturated carbocycles. The van der Waals surface area contributed by atoms with Crippen LogP contribution < -0.4 is 5.32 Å². The summed E-state index contributed by atoms with van der Waals surface area (Å²) in [6.07, 6.45) is 0.990. The third kappa shape index (κ3) is 1.76. The van der Waals surface area contributed by atoms with E-state index in [2.05, 4.69) is 16.4 Å². The van der Waals surface area contributed by atoms with E-state index in [-0.39, 0.29) is 5.02 Å². The third-order valence-electron chi connectivity index (χ3n) is 3.49. The molecule has 2 heterocycles. The van der Waals surface area contributed by atoms with Crippen LogP contribution in [0.1, 0.15) is 5.56 Å². The van der Waals surface area contributed by atoms with Crippen LogP contribution >= 0.6 is 11.6 Å². The van der Waals surface area contributed by atoms with Gasteiger partial charge in [-0.3, -0.25) is 0 Å². The van der Waals surface area contributed by atoms with Crippen LogP contribution in [0.25, 0.3) is 22.6 Å². The molecule has 0 fully saturated rings. The monoisotopic (exact) mass is 288 g/mol. The lowest BCUT2D eigenvalue weighted by Crippen LogP contribution is -1.90. The molecule has 0 amide bonds. The number of hydrogen-bond donors (Lipinski definition) is 1. The van der Waals surface area contributed by atoms with Crippen molar-refractivity contribution in [2.75, 3.05) is 11.9 Å². The van der Waals surface area contributed by atoms with Crippen LogP contribution in [0.3, 0.4) is 0 Å². The number of anilines is 1. The van der Waals surface area contributed by atoms with Gasteiger partial charge in [-0.15, -0.1) is 0 Å². The molecule has 2 aromatic carbocycles. The van der Waals surface area contributed by atoms with Gasteiger partial charge in [0.2, 0.25) is 5.89 Å². The molecule has 3 aromatic rings. The molecule has 0 atom stereocenters. The molecule has 0 unspecified atom stereocenters. The van der Waals surface area contributed by atoms with Gasteiger partial charge in [0.05, 0.1) is 5.02 Å². The summed E-state index contributed by atoms with van der Waals surface area (Å²) in [7, 11) is 0. The summed E-state index contributed by atoms with van der Waals surface area (Å²) in [6.45, 7) is 0.952. The fourth-order valence-electron chi connectivity index (χ4n) is 2.48. The average molecular weight is 289 g/mol. The van der Waals surface area contributed by atoms with Crippen molar-refractivity contribution in [3.63, 3.8) is 0 Å². The maximum atomic E-state index is 13.4. The zero-order chi connectivity index (χ0) is 13.7. The number of nitrogens with zero attached hydrogens (tertiary/aromatic N) is 1. The fraction of sp³-hybridized carbons (Fsp3) is 0.133. The van der Waals surface area contributed by atoms with Crippen LogP contribution in [0.15, 0.2) is 34.7 Å². The van der Waals surface area contributed by atoms with Crippen LogP contribution in [0.2, 0.25) is 5.02 Å². The zero-order valence-electron chi connectivity index (χ0n) is 10.4. The Balaban J connectivity index is 1.86. The second-order valence-corrected chi connectivity index (χ2v) is 5.21. The second kappa shape index (κ2) is 4.21. The standard InChI is InChI=1S/C15H10ClFN2O/c16-10-6-13-14(7-11(10)17)20-15(19-13)9-1-2-12-8(5-9)3-4-18-12/h1-2,5-7,18H,3-4H2. The van der Waals surface area contributed by atoms with E-state index in [0.717, 1.165) is 24.2 Å². The number of hydrogen-bond acceptors (Lipinski definition) is 3. The van der Waals surface area contributed by atoms with E-state index in [4.69, 9.17) is 16.0 Å². The van der Waals surface area contributed by atoms with Crippen LogP contribution in [-0.4, -0.2) is 11.5 Å². The molecule has 4 rings (SSSR count). The Kier molecular flexibility index (Phi) is 2.47. The smallest absolute Gasteiger partial charge is 0.227 e. The number of rotatable bonds is 1. The Morgan fingerprint density at radius 1 is 1.25 bits per heavy atom. The average Bonchev–Trinajstić information content (AvgIpc) is 3.04. The van der Waals surface area contributed by atoms with Gasteiger partial charge in [0, 0.05) is 23.9 Å². The highest BCUT2D eigenvalue weighted by Crippen LogP contribution is 2.31. The summed E-state index contributed by atoms with van der Waals surface area (Å²) in [5, 5.41) is 3.35. The van der Waals surface area contributed by atoms with Gasteiger partial charge < -0.3 is 9.73 Å². The fourth-order valence-corrected chi connectivity index (χ4v) is 2.64. The molecule has 5 heteroatoms. The van der Waals surface area contributed by atoms with Crippen molar-refractivity contribution in [1.29, 1.82) is 0 Å². The second-order valence-electron chi connectivity index (χ2n) is 4.80. The largest absolute Gasteiger partial charge is 0.436 e. The number of nitrogens with one attached hydrogen (secondary N) is 1. The quantitative estimate of drug-likeness (QED) is 0.727. The highest BCUT2D eigenvalue weighted by molar-refractivity contribution is 6.31. The Morgan fingerprint density at radius 3 is 3.05 bits per heavy atom. The molecule has 3 nitrogen and oxygen atoms in total. The first-order valence-electron chi connectivity index (χ1n) is 6.33. The summed E-state index contributed by atoms with van der Waals surface area (Å²) in [5.41, 5.74) is 4.25. The number of halogens is 2. The van der Waals surface area contributed by atoms with E-state index in [1.165, 1.54) is 17.7 Å². The van der Waals surface area contributed by atoms with Gasteiger partial charge >= 0.3 is 0 Å². The summed E-state index contributed by atoms with van der Waals surface area (Å²) in [4.78, 5) is 4.37. The molecule has 0 radical (unpaired) electrons. The molecule has 0 bridgehead atoms. The van der Waals surface area contributed by atoms with Crippen molar-refractivity contribution >= 4 is 28.4 Å². The summed E-state index contributed by atoms with van der Waals surface area (Å²) in [5.74, 6) is -0.0172. The van der Waals surface area contributed by atoms with Crippen molar-refractivity contribution < 1.29 is 8.81 Å². The Morgan fingerprint density at radius 2 is 2.15 bits per heavy atom. The van der Waals surface area contributed by atoms with Crippen LogP contribution in [0.5, 0.6) is 0 Å². The van der Waals surface area contributed by atoms with E-state index in [0.29, 0.717) is 17.0 Å². The zero-order valence-corrected chi connectivity index (χ0v) is 11.2. The summed E-state index contributed by atoms with van der Waals surface area (Å²) < 4.78 is 19.0.